The maximum absolute atomic E-state index is 9.76. The standard InChI is InChI=1S/C13H19N5O/c1-2-5-9(19)8-15-12-10-6-3-4-7-11(10)16-13(17-12)18-14/h3-4,6-7,9,19H,2,5,8,14H2,1H3,(H2,15,16,17,18). The number of fused-ring (bicyclic) bond motifs is 1. The summed E-state index contributed by atoms with van der Waals surface area (Å²) in [6, 6.07) is 7.66. The number of para-hydroxylation sites is 1. The minimum Gasteiger partial charge on any atom is -0.391 e. The fourth-order valence-corrected chi connectivity index (χ4v) is 1.93. The zero-order valence-electron chi connectivity index (χ0n) is 10.9. The van der Waals surface area contributed by atoms with E-state index in [1.807, 2.05) is 31.2 Å². The number of benzene rings is 1. The lowest BCUT2D eigenvalue weighted by Crippen LogP contribution is -2.20. The number of hydrazine groups is 1. The quantitative estimate of drug-likeness (QED) is 0.465. The summed E-state index contributed by atoms with van der Waals surface area (Å²) in [5.41, 5.74) is 3.25. The van der Waals surface area contributed by atoms with E-state index in [1.165, 1.54) is 0 Å². The molecule has 1 unspecified atom stereocenters. The van der Waals surface area contributed by atoms with E-state index >= 15 is 0 Å². The molecule has 102 valence electrons. The van der Waals surface area contributed by atoms with Crippen LogP contribution in [0.3, 0.4) is 0 Å². The van der Waals surface area contributed by atoms with Gasteiger partial charge in [0.25, 0.3) is 0 Å². The molecule has 5 N–H and O–H groups in total. The van der Waals surface area contributed by atoms with Crippen molar-refractivity contribution >= 4 is 22.7 Å². The van der Waals surface area contributed by atoms with E-state index < -0.39 is 0 Å². The summed E-state index contributed by atoms with van der Waals surface area (Å²) in [5, 5.41) is 13.8. The molecule has 0 saturated carbocycles. The Kier molecular flexibility index (Phi) is 4.48. The molecule has 0 bridgehead atoms. The monoisotopic (exact) mass is 261 g/mol. The van der Waals surface area contributed by atoms with Gasteiger partial charge in [0.05, 0.1) is 11.6 Å². The number of nitrogens with two attached hydrogens (primary N) is 1. The molecule has 0 radical (unpaired) electrons. The number of aliphatic hydroxyl groups is 1. The van der Waals surface area contributed by atoms with Crippen LogP contribution in [0.25, 0.3) is 10.9 Å². The number of hydrogen-bond donors (Lipinski definition) is 4. The molecule has 1 atom stereocenters. The first-order valence-corrected chi connectivity index (χ1v) is 6.40. The summed E-state index contributed by atoms with van der Waals surface area (Å²) in [5.74, 6) is 6.39. The highest BCUT2D eigenvalue weighted by Gasteiger charge is 2.08. The van der Waals surface area contributed by atoms with Gasteiger partial charge in [-0.3, -0.25) is 5.43 Å². The van der Waals surface area contributed by atoms with Crippen LogP contribution in [0.4, 0.5) is 11.8 Å². The molecule has 1 heterocycles. The second-order valence-electron chi connectivity index (χ2n) is 4.38. The second-order valence-corrected chi connectivity index (χ2v) is 4.38. The van der Waals surface area contributed by atoms with E-state index in [2.05, 4.69) is 20.7 Å². The highest BCUT2D eigenvalue weighted by Crippen LogP contribution is 2.21. The van der Waals surface area contributed by atoms with Gasteiger partial charge in [-0.1, -0.05) is 25.5 Å². The van der Waals surface area contributed by atoms with Crippen molar-refractivity contribution in [3.05, 3.63) is 24.3 Å². The van der Waals surface area contributed by atoms with Crippen LogP contribution >= 0.6 is 0 Å². The Morgan fingerprint density at radius 1 is 1.32 bits per heavy atom. The molecule has 6 nitrogen and oxygen atoms in total. The van der Waals surface area contributed by atoms with Crippen LogP contribution in [0.15, 0.2) is 24.3 Å². The molecule has 0 amide bonds. The van der Waals surface area contributed by atoms with E-state index in [4.69, 9.17) is 5.84 Å². The van der Waals surface area contributed by atoms with E-state index in [0.29, 0.717) is 18.3 Å². The molecule has 0 saturated heterocycles. The van der Waals surface area contributed by atoms with Crippen molar-refractivity contribution in [1.82, 2.24) is 9.97 Å². The molecule has 2 aromatic rings. The van der Waals surface area contributed by atoms with Gasteiger partial charge >= 0.3 is 0 Å². The minimum atomic E-state index is -0.381. The maximum Gasteiger partial charge on any atom is 0.239 e. The first-order valence-electron chi connectivity index (χ1n) is 6.40. The zero-order valence-corrected chi connectivity index (χ0v) is 10.9. The summed E-state index contributed by atoms with van der Waals surface area (Å²) < 4.78 is 0. The molecule has 19 heavy (non-hydrogen) atoms. The minimum absolute atomic E-state index is 0.353. The van der Waals surface area contributed by atoms with Gasteiger partial charge in [0, 0.05) is 11.9 Å². The van der Waals surface area contributed by atoms with Gasteiger partial charge in [0.1, 0.15) is 5.82 Å². The topological polar surface area (TPSA) is 96.1 Å². The van der Waals surface area contributed by atoms with Crippen LogP contribution in [-0.4, -0.2) is 27.7 Å². The lowest BCUT2D eigenvalue weighted by Gasteiger charge is -2.13. The number of nitrogens with zero attached hydrogens (tertiary/aromatic N) is 2. The second kappa shape index (κ2) is 6.31. The number of nitrogen functional groups attached to an aromatic ring is 1. The highest BCUT2D eigenvalue weighted by atomic mass is 16.3. The van der Waals surface area contributed by atoms with E-state index in [0.717, 1.165) is 23.7 Å². The Hall–Kier alpha value is -1.92. The maximum atomic E-state index is 9.76. The van der Waals surface area contributed by atoms with E-state index in [-0.39, 0.29) is 6.10 Å². The SMILES string of the molecule is CCCC(O)CNc1nc(NN)nc2ccccc12. The van der Waals surface area contributed by atoms with E-state index in [9.17, 15) is 5.11 Å². The molecule has 1 aromatic heterocycles. The molecule has 6 heteroatoms. The zero-order chi connectivity index (χ0) is 13.7. The Balaban J connectivity index is 2.25. The van der Waals surface area contributed by atoms with Crippen LogP contribution in [0.2, 0.25) is 0 Å². The number of aromatic nitrogens is 2. The highest BCUT2D eigenvalue weighted by molar-refractivity contribution is 5.89. The summed E-state index contributed by atoms with van der Waals surface area (Å²) in [6.45, 7) is 2.50. The van der Waals surface area contributed by atoms with Crippen LogP contribution in [0.5, 0.6) is 0 Å². The largest absolute Gasteiger partial charge is 0.391 e. The third-order valence-corrected chi connectivity index (χ3v) is 2.86. The van der Waals surface area contributed by atoms with Crippen molar-refractivity contribution in [2.24, 2.45) is 5.84 Å². The van der Waals surface area contributed by atoms with Crippen LogP contribution in [-0.2, 0) is 0 Å². The normalized spacial score (nSPS) is 12.4. The van der Waals surface area contributed by atoms with Crippen molar-refractivity contribution in [2.45, 2.75) is 25.9 Å². The number of nitrogens with one attached hydrogen (secondary N) is 2. The summed E-state index contributed by atoms with van der Waals surface area (Å²) in [6.07, 6.45) is 1.33. The fraction of sp³-hybridized carbons (Fsp3) is 0.385. The number of hydrogen-bond acceptors (Lipinski definition) is 6. The Bertz CT molecular complexity index is 546. The summed E-state index contributed by atoms with van der Waals surface area (Å²) in [7, 11) is 0. The predicted molar refractivity (Wildman–Crippen MR) is 76.8 cm³/mol. The Morgan fingerprint density at radius 3 is 2.84 bits per heavy atom. The van der Waals surface area contributed by atoms with Crippen molar-refractivity contribution in [3.8, 4) is 0 Å². The third kappa shape index (κ3) is 3.30. The molecule has 1 aromatic carbocycles. The molecule has 0 fully saturated rings. The third-order valence-electron chi connectivity index (χ3n) is 2.86. The molecular formula is C13H19N5O. The van der Waals surface area contributed by atoms with Gasteiger partial charge in [-0.15, -0.1) is 0 Å². The first-order chi connectivity index (χ1) is 9.24. The molecule has 0 aliphatic carbocycles. The Morgan fingerprint density at radius 2 is 2.11 bits per heavy atom. The number of rotatable bonds is 6. The molecule has 0 spiro atoms. The average Bonchev–Trinajstić information content (AvgIpc) is 2.44. The summed E-state index contributed by atoms with van der Waals surface area (Å²) >= 11 is 0. The van der Waals surface area contributed by atoms with Crippen LogP contribution in [0, 0.1) is 0 Å². The van der Waals surface area contributed by atoms with Crippen LogP contribution < -0.4 is 16.6 Å². The average molecular weight is 261 g/mol. The van der Waals surface area contributed by atoms with E-state index in [1.54, 1.807) is 0 Å². The lowest BCUT2D eigenvalue weighted by atomic mass is 10.2. The van der Waals surface area contributed by atoms with Gasteiger partial charge in [-0.05, 0) is 18.6 Å². The number of anilines is 2. The van der Waals surface area contributed by atoms with Gasteiger partial charge in [0.2, 0.25) is 5.95 Å². The van der Waals surface area contributed by atoms with Crippen molar-refractivity contribution in [2.75, 3.05) is 17.3 Å². The van der Waals surface area contributed by atoms with Gasteiger partial charge in [-0.2, -0.15) is 4.98 Å². The van der Waals surface area contributed by atoms with Crippen molar-refractivity contribution in [3.63, 3.8) is 0 Å². The number of aliphatic hydroxyl groups excluding tert-OH is 1. The molecule has 2 rings (SSSR count). The van der Waals surface area contributed by atoms with Gasteiger partial charge < -0.3 is 10.4 Å². The predicted octanol–water partition coefficient (Wildman–Crippen LogP) is 1.49. The van der Waals surface area contributed by atoms with Gasteiger partial charge in [-0.25, -0.2) is 10.8 Å². The van der Waals surface area contributed by atoms with Crippen molar-refractivity contribution < 1.29 is 5.11 Å². The summed E-state index contributed by atoms with van der Waals surface area (Å²) in [4.78, 5) is 8.55. The molecule has 0 aliphatic heterocycles. The Labute approximate surface area is 112 Å². The molecule has 0 aliphatic rings. The van der Waals surface area contributed by atoms with Gasteiger partial charge in [0.15, 0.2) is 0 Å². The van der Waals surface area contributed by atoms with Crippen molar-refractivity contribution in [1.29, 1.82) is 0 Å². The lowest BCUT2D eigenvalue weighted by molar-refractivity contribution is 0.176. The van der Waals surface area contributed by atoms with Crippen LogP contribution in [0.1, 0.15) is 19.8 Å². The molecular weight excluding hydrogens is 242 g/mol. The smallest absolute Gasteiger partial charge is 0.239 e. The first kappa shape index (κ1) is 13.5. The fourth-order valence-electron chi connectivity index (χ4n) is 1.93.